The van der Waals surface area contributed by atoms with Crippen molar-refractivity contribution in [3.63, 3.8) is 0 Å². The third kappa shape index (κ3) is 3.70. The number of halogens is 3. The Morgan fingerprint density at radius 2 is 1.64 bits per heavy atom. The van der Waals surface area contributed by atoms with Gasteiger partial charge in [0.15, 0.2) is 0 Å². The van der Waals surface area contributed by atoms with Gasteiger partial charge in [-0.05, 0) is 42.0 Å². The molecule has 7 heteroatoms. The molecule has 1 aliphatic rings. The first-order valence-corrected chi connectivity index (χ1v) is 7.75. The number of amides is 2. The molecule has 132 valence electrons. The monoisotopic (exact) mass is 350 g/mol. The Kier molecular flexibility index (Phi) is 4.57. The van der Waals surface area contributed by atoms with Crippen molar-refractivity contribution in [3.05, 3.63) is 59.7 Å². The molecule has 0 spiro atoms. The van der Waals surface area contributed by atoms with E-state index in [0.717, 1.165) is 17.8 Å². The molecule has 2 aromatic carbocycles. The summed E-state index contributed by atoms with van der Waals surface area (Å²) in [5, 5.41) is 0. The first-order valence-electron chi connectivity index (χ1n) is 7.75. The topological polar surface area (TPSA) is 32.8 Å². The number of ether oxygens (including phenoxy) is 1. The van der Waals surface area contributed by atoms with Gasteiger partial charge in [0.25, 0.3) is 0 Å². The molecule has 4 nitrogen and oxygen atoms in total. The molecule has 1 fully saturated rings. The SMILES string of the molecule is COc1ccc(N2CCN(Cc3ccc(C(F)(F)F)cc3)C2=O)cc1. The van der Waals surface area contributed by atoms with Gasteiger partial charge >= 0.3 is 12.2 Å². The molecule has 1 aliphatic heterocycles. The van der Waals surface area contributed by atoms with E-state index < -0.39 is 11.7 Å². The molecule has 0 saturated carbocycles. The van der Waals surface area contributed by atoms with Gasteiger partial charge in [-0.1, -0.05) is 12.1 Å². The molecule has 1 heterocycles. The number of alkyl halides is 3. The first kappa shape index (κ1) is 17.1. The van der Waals surface area contributed by atoms with Crippen LogP contribution < -0.4 is 9.64 Å². The van der Waals surface area contributed by atoms with Gasteiger partial charge in [0, 0.05) is 25.3 Å². The fourth-order valence-electron chi connectivity index (χ4n) is 2.75. The molecule has 2 aromatic rings. The molecular formula is C18H17F3N2O2. The quantitative estimate of drug-likeness (QED) is 0.830. The van der Waals surface area contributed by atoms with E-state index in [1.165, 1.54) is 12.1 Å². The lowest BCUT2D eigenvalue weighted by Crippen LogP contribution is -2.31. The number of hydrogen-bond acceptors (Lipinski definition) is 2. The predicted octanol–water partition coefficient (Wildman–Crippen LogP) is 4.16. The zero-order valence-electron chi connectivity index (χ0n) is 13.6. The molecule has 2 amide bonds. The summed E-state index contributed by atoms with van der Waals surface area (Å²) in [5.74, 6) is 0.706. The van der Waals surface area contributed by atoms with Crippen LogP contribution in [-0.4, -0.2) is 31.1 Å². The number of methoxy groups -OCH3 is 1. The lowest BCUT2D eigenvalue weighted by atomic mass is 10.1. The third-order valence-electron chi connectivity index (χ3n) is 4.13. The smallest absolute Gasteiger partial charge is 0.416 e. The Morgan fingerprint density at radius 3 is 2.20 bits per heavy atom. The fraction of sp³-hybridized carbons (Fsp3) is 0.278. The molecular weight excluding hydrogens is 333 g/mol. The van der Waals surface area contributed by atoms with Crippen LogP contribution in [0.3, 0.4) is 0 Å². The normalized spacial score (nSPS) is 15.0. The Hall–Kier alpha value is -2.70. The van der Waals surface area contributed by atoms with Crippen LogP contribution in [0, 0.1) is 0 Å². The van der Waals surface area contributed by atoms with Crippen LogP contribution in [0.5, 0.6) is 5.75 Å². The minimum absolute atomic E-state index is 0.162. The number of hydrogen-bond donors (Lipinski definition) is 0. The van der Waals surface area contributed by atoms with Crippen LogP contribution in [-0.2, 0) is 12.7 Å². The van der Waals surface area contributed by atoms with Crippen LogP contribution in [0.15, 0.2) is 48.5 Å². The largest absolute Gasteiger partial charge is 0.497 e. The summed E-state index contributed by atoms with van der Waals surface area (Å²) < 4.78 is 42.9. The lowest BCUT2D eigenvalue weighted by molar-refractivity contribution is -0.137. The van der Waals surface area contributed by atoms with Crippen molar-refractivity contribution in [1.29, 1.82) is 0 Å². The second-order valence-corrected chi connectivity index (χ2v) is 5.75. The van der Waals surface area contributed by atoms with Gasteiger partial charge in [-0.15, -0.1) is 0 Å². The van der Waals surface area contributed by atoms with Crippen LogP contribution in [0.1, 0.15) is 11.1 Å². The van der Waals surface area contributed by atoms with E-state index in [-0.39, 0.29) is 12.6 Å². The lowest BCUT2D eigenvalue weighted by Gasteiger charge is -2.19. The van der Waals surface area contributed by atoms with Gasteiger partial charge < -0.3 is 9.64 Å². The zero-order valence-corrected chi connectivity index (χ0v) is 13.6. The molecule has 1 saturated heterocycles. The van der Waals surface area contributed by atoms with Crippen molar-refractivity contribution in [2.45, 2.75) is 12.7 Å². The van der Waals surface area contributed by atoms with Crippen molar-refractivity contribution < 1.29 is 22.7 Å². The highest BCUT2D eigenvalue weighted by Gasteiger charge is 2.31. The molecule has 0 radical (unpaired) electrons. The molecule has 0 unspecified atom stereocenters. The number of nitrogens with zero attached hydrogens (tertiary/aromatic N) is 2. The number of anilines is 1. The predicted molar refractivity (Wildman–Crippen MR) is 87.6 cm³/mol. The van der Waals surface area contributed by atoms with Crippen molar-refractivity contribution >= 4 is 11.7 Å². The van der Waals surface area contributed by atoms with Crippen LogP contribution in [0.25, 0.3) is 0 Å². The van der Waals surface area contributed by atoms with Crippen molar-refractivity contribution in [2.24, 2.45) is 0 Å². The Labute approximate surface area is 143 Å². The summed E-state index contributed by atoms with van der Waals surface area (Å²) in [7, 11) is 1.57. The Balaban J connectivity index is 1.67. The molecule has 3 rings (SSSR count). The molecule has 25 heavy (non-hydrogen) atoms. The number of urea groups is 1. The molecule has 0 aliphatic carbocycles. The highest BCUT2D eigenvalue weighted by Crippen LogP contribution is 2.29. The minimum Gasteiger partial charge on any atom is -0.497 e. The number of carbonyl (C=O) groups is 1. The highest BCUT2D eigenvalue weighted by atomic mass is 19.4. The fourth-order valence-corrected chi connectivity index (χ4v) is 2.75. The average molecular weight is 350 g/mol. The van der Waals surface area contributed by atoms with E-state index in [1.54, 1.807) is 41.2 Å². The van der Waals surface area contributed by atoms with E-state index in [0.29, 0.717) is 24.4 Å². The van der Waals surface area contributed by atoms with Gasteiger partial charge in [-0.25, -0.2) is 4.79 Å². The van der Waals surface area contributed by atoms with Gasteiger partial charge in [0.1, 0.15) is 5.75 Å². The van der Waals surface area contributed by atoms with Crippen LogP contribution in [0.4, 0.5) is 23.7 Å². The van der Waals surface area contributed by atoms with Crippen molar-refractivity contribution in [1.82, 2.24) is 4.90 Å². The summed E-state index contributed by atoms with van der Waals surface area (Å²) in [6, 6.07) is 11.9. The molecule has 0 bridgehead atoms. The van der Waals surface area contributed by atoms with Gasteiger partial charge in [-0.3, -0.25) is 4.90 Å². The molecule has 0 atom stereocenters. The van der Waals surface area contributed by atoms with Gasteiger partial charge in [0.05, 0.1) is 12.7 Å². The van der Waals surface area contributed by atoms with E-state index >= 15 is 0 Å². The molecule has 0 N–H and O–H groups in total. The average Bonchev–Trinajstić information content (AvgIpc) is 2.95. The van der Waals surface area contributed by atoms with Gasteiger partial charge in [0.2, 0.25) is 0 Å². The molecule has 0 aromatic heterocycles. The summed E-state index contributed by atoms with van der Waals surface area (Å²) in [6.45, 7) is 1.33. The number of carbonyl (C=O) groups excluding carboxylic acids is 1. The first-order chi connectivity index (χ1) is 11.9. The van der Waals surface area contributed by atoms with E-state index in [4.69, 9.17) is 4.74 Å². The van der Waals surface area contributed by atoms with Crippen LogP contribution >= 0.6 is 0 Å². The Bertz CT molecular complexity index is 742. The van der Waals surface area contributed by atoms with Gasteiger partial charge in [-0.2, -0.15) is 13.2 Å². The van der Waals surface area contributed by atoms with E-state index in [2.05, 4.69) is 0 Å². The number of rotatable bonds is 4. The van der Waals surface area contributed by atoms with Crippen LogP contribution in [0.2, 0.25) is 0 Å². The second-order valence-electron chi connectivity index (χ2n) is 5.75. The summed E-state index contributed by atoms with van der Waals surface area (Å²) >= 11 is 0. The summed E-state index contributed by atoms with van der Waals surface area (Å²) in [6.07, 6.45) is -4.35. The Morgan fingerprint density at radius 1 is 1.00 bits per heavy atom. The maximum Gasteiger partial charge on any atom is 0.416 e. The number of benzene rings is 2. The highest BCUT2D eigenvalue weighted by molar-refractivity contribution is 5.94. The van der Waals surface area contributed by atoms with Crippen molar-refractivity contribution in [3.8, 4) is 5.75 Å². The maximum atomic E-state index is 12.6. The second kappa shape index (κ2) is 6.66. The van der Waals surface area contributed by atoms with E-state index in [9.17, 15) is 18.0 Å². The third-order valence-corrected chi connectivity index (χ3v) is 4.13. The summed E-state index contributed by atoms with van der Waals surface area (Å²) in [4.78, 5) is 15.8. The summed E-state index contributed by atoms with van der Waals surface area (Å²) in [5.41, 5.74) is 0.738. The standard InChI is InChI=1S/C18H17F3N2O2/c1-25-16-8-6-15(7-9-16)23-11-10-22(17(23)24)12-13-2-4-14(5-3-13)18(19,20)21/h2-9H,10-12H2,1H3. The maximum absolute atomic E-state index is 12.6. The van der Waals surface area contributed by atoms with Crippen molar-refractivity contribution in [2.75, 3.05) is 25.1 Å². The van der Waals surface area contributed by atoms with E-state index in [1.807, 2.05) is 0 Å². The zero-order chi connectivity index (χ0) is 18.0. The minimum atomic E-state index is -4.35.